The zero-order chi connectivity index (χ0) is 14.5. The maximum atomic E-state index is 9.34. The van der Waals surface area contributed by atoms with Crippen LogP contribution >= 0.6 is 0 Å². The van der Waals surface area contributed by atoms with E-state index in [9.17, 15) is 5.11 Å². The van der Waals surface area contributed by atoms with Crippen LogP contribution < -0.4 is 0 Å². The van der Waals surface area contributed by atoms with Crippen LogP contribution in [0.3, 0.4) is 0 Å². The van der Waals surface area contributed by atoms with Crippen molar-refractivity contribution >= 4 is 0 Å². The summed E-state index contributed by atoms with van der Waals surface area (Å²) < 4.78 is 2.06. The Morgan fingerprint density at radius 2 is 1.90 bits per heavy atom. The highest BCUT2D eigenvalue weighted by Crippen LogP contribution is 2.11. The number of aromatic nitrogens is 3. The molecule has 0 aliphatic carbocycles. The van der Waals surface area contributed by atoms with Crippen LogP contribution in [0.5, 0.6) is 0 Å². The maximum Gasteiger partial charge on any atom is 0.158 e. The fourth-order valence-electron chi connectivity index (χ4n) is 2.37. The standard InChI is InChI=1S/C16H23N3O/c1-12(2)10-19-15(17-18-16(19)11-20)8-7-14-6-4-5-13(3)9-14/h4-6,9,12,20H,7-8,10-11H2,1-3H3. The van der Waals surface area contributed by atoms with Gasteiger partial charge in [-0.25, -0.2) is 0 Å². The SMILES string of the molecule is Cc1cccc(CCc2nnc(CO)n2CC(C)C)c1. The van der Waals surface area contributed by atoms with E-state index in [1.807, 2.05) is 0 Å². The van der Waals surface area contributed by atoms with Gasteiger partial charge in [-0.15, -0.1) is 10.2 Å². The number of aryl methyl sites for hydroxylation is 3. The molecule has 2 aromatic rings. The molecule has 1 heterocycles. The fraction of sp³-hybridized carbons (Fsp3) is 0.500. The molecule has 0 amide bonds. The third-order valence-electron chi connectivity index (χ3n) is 3.31. The van der Waals surface area contributed by atoms with Crippen LogP contribution in [0.2, 0.25) is 0 Å². The van der Waals surface area contributed by atoms with Gasteiger partial charge >= 0.3 is 0 Å². The van der Waals surface area contributed by atoms with Crippen molar-refractivity contribution in [1.82, 2.24) is 14.8 Å². The Kier molecular flexibility index (Phi) is 4.90. The highest BCUT2D eigenvalue weighted by molar-refractivity contribution is 5.22. The first-order valence-corrected chi connectivity index (χ1v) is 7.17. The van der Waals surface area contributed by atoms with Crippen molar-refractivity contribution in [2.45, 2.75) is 46.8 Å². The van der Waals surface area contributed by atoms with E-state index in [1.54, 1.807) is 0 Å². The van der Waals surface area contributed by atoms with Gasteiger partial charge in [-0.1, -0.05) is 43.7 Å². The summed E-state index contributed by atoms with van der Waals surface area (Å²) in [6.07, 6.45) is 1.80. The van der Waals surface area contributed by atoms with Crippen LogP contribution in [-0.4, -0.2) is 19.9 Å². The molecule has 0 aliphatic heterocycles. The Bertz CT molecular complexity index is 561. The van der Waals surface area contributed by atoms with Gasteiger partial charge in [-0.3, -0.25) is 0 Å². The Labute approximate surface area is 120 Å². The molecule has 1 aromatic heterocycles. The van der Waals surface area contributed by atoms with Gasteiger partial charge in [0.2, 0.25) is 0 Å². The first-order valence-electron chi connectivity index (χ1n) is 7.17. The summed E-state index contributed by atoms with van der Waals surface area (Å²) in [5.41, 5.74) is 2.59. The average molecular weight is 273 g/mol. The Hall–Kier alpha value is -1.68. The third kappa shape index (κ3) is 3.67. The molecule has 4 nitrogen and oxygen atoms in total. The fourth-order valence-corrected chi connectivity index (χ4v) is 2.37. The topological polar surface area (TPSA) is 50.9 Å². The lowest BCUT2D eigenvalue weighted by atomic mass is 10.1. The second-order valence-corrected chi connectivity index (χ2v) is 5.68. The number of hydrogen-bond donors (Lipinski definition) is 1. The number of aliphatic hydroxyl groups is 1. The van der Waals surface area contributed by atoms with Gasteiger partial charge in [0.05, 0.1) is 0 Å². The molecule has 1 aromatic carbocycles. The molecule has 1 N–H and O–H groups in total. The molecule has 0 bridgehead atoms. The maximum absolute atomic E-state index is 9.34. The second kappa shape index (κ2) is 6.66. The summed E-state index contributed by atoms with van der Waals surface area (Å²) in [6, 6.07) is 8.54. The normalized spacial score (nSPS) is 11.2. The van der Waals surface area contributed by atoms with Crippen molar-refractivity contribution < 1.29 is 5.11 Å². The molecule has 0 atom stereocenters. The molecule has 108 valence electrons. The predicted molar refractivity (Wildman–Crippen MR) is 79.4 cm³/mol. The molecule has 0 radical (unpaired) electrons. The van der Waals surface area contributed by atoms with Crippen LogP contribution in [0.1, 0.15) is 36.6 Å². The molecule has 0 saturated heterocycles. The Morgan fingerprint density at radius 1 is 1.15 bits per heavy atom. The summed E-state index contributed by atoms with van der Waals surface area (Å²) in [4.78, 5) is 0. The van der Waals surface area contributed by atoms with E-state index >= 15 is 0 Å². The quantitative estimate of drug-likeness (QED) is 0.880. The van der Waals surface area contributed by atoms with Gasteiger partial charge in [0, 0.05) is 13.0 Å². The van der Waals surface area contributed by atoms with Crippen LogP contribution in [0, 0.1) is 12.8 Å². The monoisotopic (exact) mass is 273 g/mol. The van der Waals surface area contributed by atoms with E-state index in [0.29, 0.717) is 11.7 Å². The molecule has 0 spiro atoms. The van der Waals surface area contributed by atoms with Gasteiger partial charge in [-0.2, -0.15) is 0 Å². The summed E-state index contributed by atoms with van der Waals surface area (Å²) >= 11 is 0. The first kappa shape index (κ1) is 14.7. The zero-order valence-electron chi connectivity index (χ0n) is 12.5. The van der Waals surface area contributed by atoms with E-state index in [2.05, 4.69) is 59.8 Å². The van der Waals surface area contributed by atoms with Crippen LogP contribution in [0.4, 0.5) is 0 Å². The molecule has 0 aliphatic rings. The predicted octanol–water partition coefficient (Wildman–Crippen LogP) is 2.52. The molecular weight excluding hydrogens is 250 g/mol. The lowest BCUT2D eigenvalue weighted by molar-refractivity contribution is 0.261. The smallest absolute Gasteiger partial charge is 0.158 e. The second-order valence-electron chi connectivity index (χ2n) is 5.68. The van der Waals surface area contributed by atoms with Gasteiger partial charge in [0.15, 0.2) is 5.82 Å². The van der Waals surface area contributed by atoms with Crippen molar-refractivity contribution in [2.24, 2.45) is 5.92 Å². The molecule has 0 unspecified atom stereocenters. The van der Waals surface area contributed by atoms with Gasteiger partial charge in [-0.05, 0) is 24.8 Å². The van der Waals surface area contributed by atoms with Crippen molar-refractivity contribution in [3.05, 3.63) is 47.0 Å². The highest BCUT2D eigenvalue weighted by atomic mass is 16.3. The average Bonchev–Trinajstić information content (AvgIpc) is 2.78. The van der Waals surface area contributed by atoms with E-state index in [1.165, 1.54) is 11.1 Å². The minimum Gasteiger partial charge on any atom is -0.388 e. The molecule has 2 rings (SSSR count). The number of benzene rings is 1. The Morgan fingerprint density at radius 3 is 2.55 bits per heavy atom. The minimum atomic E-state index is -0.0514. The van der Waals surface area contributed by atoms with Crippen LogP contribution in [-0.2, 0) is 26.0 Å². The Balaban J connectivity index is 2.11. The zero-order valence-corrected chi connectivity index (χ0v) is 12.5. The molecular formula is C16H23N3O. The number of hydrogen-bond acceptors (Lipinski definition) is 3. The van der Waals surface area contributed by atoms with Gasteiger partial charge in [0.25, 0.3) is 0 Å². The van der Waals surface area contributed by atoms with Crippen molar-refractivity contribution in [1.29, 1.82) is 0 Å². The summed E-state index contributed by atoms with van der Waals surface area (Å²) in [5.74, 6) is 2.14. The van der Waals surface area contributed by atoms with Crippen molar-refractivity contribution in [3.63, 3.8) is 0 Å². The lowest BCUT2D eigenvalue weighted by Crippen LogP contribution is -2.12. The minimum absolute atomic E-state index is 0.0514. The van der Waals surface area contributed by atoms with Gasteiger partial charge in [0.1, 0.15) is 12.4 Å². The molecule has 0 fully saturated rings. The van der Waals surface area contributed by atoms with Crippen molar-refractivity contribution in [3.8, 4) is 0 Å². The van der Waals surface area contributed by atoms with E-state index < -0.39 is 0 Å². The summed E-state index contributed by atoms with van der Waals surface area (Å²) in [6.45, 7) is 7.22. The van der Waals surface area contributed by atoms with E-state index in [0.717, 1.165) is 25.2 Å². The van der Waals surface area contributed by atoms with E-state index in [-0.39, 0.29) is 6.61 Å². The third-order valence-corrected chi connectivity index (χ3v) is 3.31. The number of rotatable bonds is 6. The largest absolute Gasteiger partial charge is 0.388 e. The van der Waals surface area contributed by atoms with Crippen LogP contribution in [0.15, 0.2) is 24.3 Å². The number of nitrogens with zero attached hydrogens (tertiary/aromatic N) is 3. The lowest BCUT2D eigenvalue weighted by Gasteiger charge is -2.11. The van der Waals surface area contributed by atoms with E-state index in [4.69, 9.17) is 0 Å². The summed E-state index contributed by atoms with van der Waals surface area (Å²) in [5, 5.41) is 17.7. The number of aliphatic hydroxyl groups excluding tert-OH is 1. The van der Waals surface area contributed by atoms with Crippen LogP contribution in [0.25, 0.3) is 0 Å². The molecule has 4 heteroatoms. The summed E-state index contributed by atoms with van der Waals surface area (Å²) in [7, 11) is 0. The highest BCUT2D eigenvalue weighted by Gasteiger charge is 2.12. The molecule has 20 heavy (non-hydrogen) atoms. The molecule has 0 saturated carbocycles. The first-order chi connectivity index (χ1) is 9.60. The van der Waals surface area contributed by atoms with Crippen molar-refractivity contribution in [2.75, 3.05) is 0 Å². The van der Waals surface area contributed by atoms with Gasteiger partial charge < -0.3 is 9.67 Å².